The smallest absolute Gasteiger partial charge is 0.240 e. The van der Waals surface area contributed by atoms with E-state index in [2.05, 4.69) is 19.2 Å². The lowest BCUT2D eigenvalue weighted by atomic mass is 10.0. The first-order valence-corrected chi connectivity index (χ1v) is 6.18. The lowest BCUT2D eigenvalue weighted by Crippen LogP contribution is -2.43. The summed E-state index contributed by atoms with van der Waals surface area (Å²) >= 11 is 0. The fraction of sp³-hybridized carbons (Fsp3) is 0.917. The number of nitrogens with one attached hydrogen (secondary N) is 1. The molecule has 1 aliphatic rings. The molecule has 0 radical (unpaired) electrons. The predicted octanol–water partition coefficient (Wildman–Crippen LogP) is 1.05. The highest BCUT2D eigenvalue weighted by atomic mass is 16.5. The van der Waals surface area contributed by atoms with Crippen LogP contribution in [0.4, 0.5) is 0 Å². The van der Waals surface area contributed by atoms with Crippen LogP contribution in [0.1, 0.15) is 40.0 Å². The third-order valence-corrected chi connectivity index (χ3v) is 3.08. The van der Waals surface area contributed by atoms with Crippen molar-refractivity contribution < 1.29 is 9.53 Å². The molecule has 1 atom stereocenters. The lowest BCUT2D eigenvalue weighted by molar-refractivity contribution is -0.123. The van der Waals surface area contributed by atoms with Crippen LogP contribution in [0.5, 0.6) is 0 Å². The molecule has 0 bridgehead atoms. The molecule has 16 heavy (non-hydrogen) atoms. The Hall–Kier alpha value is -0.610. The van der Waals surface area contributed by atoms with Gasteiger partial charge in [-0.05, 0) is 32.1 Å². The van der Waals surface area contributed by atoms with Crippen LogP contribution in [0, 0.1) is 5.92 Å². The summed E-state index contributed by atoms with van der Waals surface area (Å²) in [6.07, 6.45) is 2.71. The van der Waals surface area contributed by atoms with Gasteiger partial charge in [0.1, 0.15) is 0 Å². The second-order valence-electron chi connectivity index (χ2n) is 4.94. The Labute approximate surface area is 97.9 Å². The van der Waals surface area contributed by atoms with Crippen molar-refractivity contribution in [1.29, 1.82) is 0 Å². The minimum Gasteiger partial charge on any atom is -0.378 e. The van der Waals surface area contributed by atoms with Gasteiger partial charge in [0.2, 0.25) is 5.91 Å². The van der Waals surface area contributed by atoms with Gasteiger partial charge in [-0.15, -0.1) is 0 Å². The van der Waals surface area contributed by atoms with Gasteiger partial charge >= 0.3 is 0 Å². The van der Waals surface area contributed by atoms with Crippen molar-refractivity contribution >= 4 is 5.91 Å². The first-order chi connectivity index (χ1) is 7.49. The fourth-order valence-corrected chi connectivity index (χ4v) is 1.69. The SMILES string of the molecule is CCOC(CCNC(=O)C1(N)CC1)C(C)C. The second kappa shape index (κ2) is 5.64. The molecule has 1 fully saturated rings. The Morgan fingerprint density at radius 3 is 2.56 bits per heavy atom. The van der Waals surface area contributed by atoms with E-state index in [1.807, 2.05) is 6.92 Å². The van der Waals surface area contributed by atoms with E-state index in [1.165, 1.54) is 0 Å². The maximum Gasteiger partial charge on any atom is 0.240 e. The number of carbonyl (C=O) groups excluding carboxylic acids is 1. The van der Waals surface area contributed by atoms with Crippen molar-refractivity contribution in [2.24, 2.45) is 11.7 Å². The molecular weight excluding hydrogens is 204 g/mol. The van der Waals surface area contributed by atoms with Gasteiger partial charge in [0.25, 0.3) is 0 Å². The van der Waals surface area contributed by atoms with Crippen molar-refractivity contribution in [1.82, 2.24) is 5.32 Å². The number of hydrogen-bond acceptors (Lipinski definition) is 3. The van der Waals surface area contributed by atoms with E-state index in [4.69, 9.17) is 10.5 Å². The van der Waals surface area contributed by atoms with Gasteiger partial charge in [0.05, 0.1) is 11.6 Å². The average Bonchev–Trinajstić information content (AvgIpc) is 2.96. The van der Waals surface area contributed by atoms with Crippen molar-refractivity contribution in [3.8, 4) is 0 Å². The monoisotopic (exact) mass is 228 g/mol. The fourth-order valence-electron chi connectivity index (χ4n) is 1.69. The van der Waals surface area contributed by atoms with E-state index >= 15 is 0 Å². The first kappa shape index (κ1) is 13.5. The largest absolute Gasteiger partial charge is 0.378 e. The lowest BCUT2D eigenvalue weighted by Gasteiger charge is -2.21. The van der Waals surface area contributed by atoms with Gasteiger partial charge in [-0.25, -0.2) is 0 Å². The summed E-state index contributed by atoms with van der Waals surface area (Å²) in [5.41, 5.74) is 5.23. The number of ether oxygens (including phenoxy) is 1. The summed E-state index contributed by atoms with van der Waals surface area (Å²) in [5, 5.41) is 2.88. The molecule has 4 nitrogen and oxygen atoms in total. The Bertz CT molecular complexity index is 237. The summed E-state index contributed by atoms with van der Waals surface area (Å²) < 4.78 is 5.60. The van der Waals surface area contributed by atoms with Crippen molar-refractivity contribution in [2.45, 2.75) is 51.7 Å². The van der Waals surface area contributed by atoms with Gasteiger partial charge in [0, 0.05) is 13.2 Å². The van der Waals surface area contributed by atoms with Crippen LogP contribution in [0.2, 0.25) is 0 Å². The van der Waals surface area contributed by atoms with E-state index in [0.717, 1.165) is 25.9 Å². The third kappa shape index (κ3) is 3.76. The normalized spacial score (nSPS) is 19.6. The second-order valence-corrected chi connectivity index (χ2v) is 4.94. The number of rotatable bonds is 7. The van der Waals surface area contributed by atoms with Gasteiger partial charge in [-0.3, -0.25) is 4.79 Å². The maximum absolute atomic E-state index is 11.6. The topological polar surface area (TPSA) is 64.3 Å². The molecule has 0 aromatic heterocycles. The maximum atomic E-state index is 11.6. The molecular formula is C12H24N2O2. The van der Waals surface area contributed by atoms with Crippen LogP contribution < -0.4 is 11.1 Å². The Kier molecular flexibility index (Phi) is 4.74. The molecule has 1 unspecified atom stereocenters. The molecule has 94 valence electrons. The molecule has 1 rings (SSSR count). The summed E-state index contributed by atoms with van der Waals surface area (Å²) in [6, 6.07) is 0. The molecule has 0 aliphatic heterocycles. The van der Waals surface area contributed by atoms with Gasteiger partial charge in [-0.1, -0.05) is 13.8 Å². The van der Waals surface area contributed by atoms with Crippen LogP contribution in [-0.2, 0) is 9.53 Å². The minimum absolute atomic E-state index is 0.00787. The standard InChI is InChI=1S/C12H24N2O2/c1-4-16-10(9(2)3)5-8-14-11(15)12(13)6-7-12/h9-10H,4-8,13H2,1-3H3,(H,14,15). The average molecular weight is 228 g/mol. The quantitative estimate of drug-likeness (QED) is 0.684. The highest BCUT2D eigenvalue weighted by Crippen LogP contribution is 2.32. The van der Waals surface area contributed by atoms with Crippen LogP contribution in [-0.4, -0.2) is 30.7 Å². The van der Waals surface area contributed by atoms with E-state index in [-0.39, 0.29) is 12.0 Å². The molecule has 0 saturated heterocycles. The number of hydrogen-bond donors (Lipinski definition) is 2. The molecule has 4 heteroatoms. The van der Waals surface area contributed by atoms with Crippen molar-refractivity contribution in [3.05, 3.63) is 0 Å². The zero-order valence-electron chi connectivity index (χ0n) is 10.6. The van der Waals surface area contributed by atoms with Crippen LogP contribution in [0.15, 0.2) is 0 Å². The molecule has 0 heterocycles. The van der Waals surface area contributed by atoms with Gasteiger partial charge in [-0.2, -0.15) is 0 Å². The Balaban J connectivity index is 2.19. The number of carbonyl (C=O) groups is 1. The molecule has 0 aromatic carbocycles. The molecule has 1 aliphatic carbocycles. The van der Waals surface area contributed by atoms with E-state index in [9.17, 15) is 4.79 Å². The van der Waals surface area contributed by atoms with Crippen LogP contribution >= 0.6 is 0 Å². The zero-order chi connectivity index (χ0) is 12.2. The molecule has 3 N–H and O–H groups in total. The zero-order valence-corrected chi connectivity index (χ0v) is 10.6. The highest BCUT2D eigenvalue weighted by molar-refractivity contribution is 5.88. The Morgan fingerprint density at radius 2 is 2.12 bits per heavy atom. The molecule has 1 amide bonds. The van der Waals surface area contributed by atoms with Gasteiger partial charge < -0.3 is 15.8 Å². The third-order valence-electron chi connectivity index (χ3n) is 3.08. The predicted molar refractivity (Wildman–Crippen MR) is 64.0 cm³/mol. The van der Waals surface area contributed by atoms with Crippen molar-refractivity contribution in [3.63, 3.8) is 0 Å². The van der Waals surface area contributed by atoms with E-state index < -0.39 is 5.54 Å². The van der Waals surface area contributed by atoms with Crippen LogP contribution in [0.25, 0.3) is 0 Å². The number of amides is 1. The van der Waals surface area contributed by atoms with E-state index in [1.54, 1.807) is 0 Å². The summed E-state index contributed by atoms with van der Waals surface area (Å²) in [4.78, 5) is 11.6. The van der Waals surface area contributed by atoms with Gasteiger partial charge in [0.15, 0.2) is 0 Å². The van der Waals surface area contributed by atoms with Crippen molar-refractivity contribution in [2.75, 3.05) is 13.2 Å². The summed E-state index contributed by atoms with van der Waals surface area (Å²) in [6.45, 7) is 7.63. The van der Waals surface area contributed by atoms with Crippen LogP contribution in [0.3, 0.4) is 0 Å². The molecule has 0 spiro atoms. The summed E-state index contributed by atoms with van der Waals surface area (Å²) in [5.74, 6) is 0.469. The highest BCUT2D eigenvalue weighted by Gasteiger charge is 2.45. The minimum atomic E-state index is -0.557. The molecule has 1 saturated carbocycles. The number of nitrogens with two attached hydrogens (primary N) is 1. The molecule has 0 aromatic rings. The summed E-state index contributed by atoms with van der Waals surface area (Å²) in [7, 11) is 0. The Morgan fingerprint density at radius 1 is 1.50 bits per heavy atom. The first-order valence-electron chi connectivity index (χ1n) is 6.18. The van der Waals surface area contributed by atoms with E-state index in [0.29, 0.717) is 12.5 Å².